The Morgan fingerprint density at radius 2 is 1.45 bits per heavy atom. The molecule has 5 nitrogen and oxygen atoms in total. The third kappa shape index (κ3) is 10.7. The minimum atomic E-state index is 0.244. The van der Waals surface area contributed by atoms with Gasteiger partial charge >= 0.3 is 0 Å². The monoisotopic (exact) mass is 680 g/mol. The second-order valence-electron chi connectivity index (χ2n) is 5.94. The summed E-state index contributed by atoms with van der Waals surface area (Å²) in [6.07, 6.45) is 5.16. The Morgan fingerprint density at radius 1 is 0.839 bits per heavy atom. The first kappa shape index (κ1) is 26.0. The number of thiophene rings is 2. The highest BCUT2D eigenvalue weighted by Gasteiger charge is 2.00. The van der Waals surface area contributed by atoms with E-state index in [-0.39, 0.29) is 12.4 Å². The van der Waals surface area contributed by atoms with Gasteiger partial charge in [0.15, 0.2) is 5.75 Å². The molecule has 0 aliphatic rings. The molecule has 0 saturated carbocycles. The molecule has 0 aromatic carbocycles. The number of aliphatic hydroxyl groups is 1. The second-order valence-corrected chi connectivity index (χ2v) is 9.54. The molecule has 0 aliphatic heterocycles. The molecule has 4 rings (SSSR count). The van der Waals surface area contributed by atoms with E-state index < -0.39 is 0 Å². The minimum Gasteiger partial charge on any atom is -0.505 e. The van der Waals surface area contributed by atoms with Gasteiger partial charge in [-0.3, -0.25) is 0 Å². The van der Waals surface area contributed by atoms with Gasteiger partial charge in [-0.05, 0) is 121 Å². The third-order valence-electron chi connectivity index (χ3n) is 3.67. The van der Waals surface area contributed by atoms with Gasteiger partial charge in [0.05, 0.1) is 6.61 Å². The van der Waals surface area contributed by atoms with E-state index in [9.17, 15) is 0 Å². The Hall–Kier alpha value is -1.28. The van der Waals surface area contributed by atoms with Gasteiger partial charge in [-0.25, -0.2) is 9.97 Å². The van der Waals surface area contributed by atoms with Crippen LogP contribution < -0.4 is 4.74 Å². The first-order valence-electron chi connectivity index (χ1n) is 9.26. The van der Waals surface area contributed by atoms with Crippen molar-refractivity contribution in [1.82, 2.24) is 9.97 Å². The van der Waals surface area contributed by atoms with Crippen LogP contribution in [0.2, 0.25) is 0 Å². The fourth-order valence-corrected chi connectivity index (χ4v) is 4.38. The lowest BCUT2D eigenvalue weighted by Gasteiger charge is -2.05. The summed E-state index contributed by atoms with van der Waals surface area (Å²) in [5.74, 6) is 1.11. The number of halogens is 2. The Balaban J connectivity index is 0.000000181. The lowest BCUT2D eigenvalue weighted by atomic mass is 10.3. The van der Waals surface area contributed by atoms with E-state index in [1.54, 1.807) is 47.2 Å². The molecule has 0 bridgehead atoms. The lowest BCUT2D eigenvalue weighted by Crippen LogP contribution is -2.02. The van der Waals surface area contributed by atoms with Gasteiger partial charge in [0, 0.05) is 25.4 Å². The Labute approximate surface area is 217 Å². The van der Waals surface area contributed by atoms with Gasteiger partial charge in [0.2, 0.25) is 0 Å². The zero-order valence-corrected chi connectivity index (χ0v) is 22.5. The van der Waals surface area contributed by atoms with Crippen molar-refractivity contribution in [2.45, 2.75) is 12.8 Å². The third-order valence-corrected chi connectivity index (χ3v) is 6.78. The summed E-state index contributed by atoms with van der Waals surface area (Å²) < 4.78 is 7.21. The SMILES string of the molecule is Ic1ncccc1OCCc1ccsc1.OCCc1ccsc1.Oc1cccnc1I. The van der Waals surface area contributed by atoms with Gasteiger partial charge in [0.25, 0.3) is 0 Å². The number of nitrogens with zero attached hydrogens (tertiary/aromatic N) is 2. The Kier molecular flexibility index (Phi) is 13.0. The quantitative estimate of drug-likeness (QED) is 0.192. The minimum absolute atomic E-state index is 0.244. The van der Waals surface area contributed by atoms with E-state index in [1.165, 1.54) is 11.1 Å². The van der Waals surface area contributed by atoms with E-state index in [2.05, 4.69) is 54.8 Å². The summed E-state index contributed by atoms with van der Waals surface area (Å²) in [6.45, 7) is 0.967. The van der Waals surface area contributed by atoms with Crippen LogP contribution in [0.4, 0.5) is 0 Å². The molecule has 0 unspecified atom stereocenters. The smallest absolute Gasteiger partial charge is 0.151 e. The number of hydrogen-bond acceptors (Lipinski definition) is 7. The van der Waals surface area contributed by atoms with Crippen molar-refractivity contribution in [2.75, 3.05) is 13.2 Å². The molecule has 9 heteroatoms. The molecule has 4 aromatic rings. The van der Waals surface area contributed by atoms with E-state index >= 15 is 0 Å². The van der Waals surface area contributed by atoms with Crippen LogP contribution in [0.5, 0.6) is 11.5 Å². The second kappa shape index (κ2) is 15.5. The highest BCUT2D eigenvalue weighted by Crippen LogP contribution is 2.17. The van der Waals surface area contributed by atoms with Crippen LogP contribution in [0.3, 0.4) is 0 Å². The van der Waals surface area contributed by atoms with Crippen LogP contribution in [-0.2, 0) is 12.8 Å². The van der Waals surface area contributed by atoms with E-state index in [1.807, 2.05) is 46.2 Å². The fraction of sp³-hybridized carbons (Fsp3) is 0.182. The van der Waals surface area contributed by atoms with Gasteiger partial charge < -0.3 is 14.9 Å². The summed E-state index contributed by atoms with van der Waals surface area (Å²) in [4.78, 5) is 7.97. The summed E-state index contributed by atoms with van der Waals surface area (Å²) in [5, 5.41) is 25.6. The van der Waals surface area contributed by atoms with Gasteiger partial charge in [-0.2, -0.15) is 22.7 Å². The highest BCUT2D eigenvalue weighted by atomic mass is 127. The Morgan fingerprint density at radius 3 is 1.94 bits per heavy atom. The van der Waals surface area contributed by atoms with Gasteiger partial charge in [-0.15, -0.1) is 0 Å². The first-order chi connectivity index (χ1) is 15.1. The molecular weight excluding hydrogens is 658 g/mol. The Bertz CT molecular complexity index is 963. The maximum atomic E-state index is 8.85. The molecule has 0 radical (unpaired) electrons. The van der Waals surface area contributed by atoms with Crippen molar-refractivity contribution in [3.05, 3.63) is 88.8 Å². The largest absolute Gasteiger partial charge is 0.505 e. The molecular formula is C22H22I2N2O3S2. The van der Waals surface area contributed by atoms with Crippen molar-refractivity contribution >= 4 is 67.9 Å². The number of rotatable bonds is 6. The van der Waals surface area contributed by atoms with Crippen molar-refractivity contribution in [3.8, 4) is 11.5 Å². The molecule has 0 atom stereocenters. The molecule has 0 saturated heterocycles. The lowest BCUT2D eigenvalue weighted by molar-refractivity contribution is 0.300. The summed E-state index contributed by atoms with van der Waals surface area (Å²) in [5.41, 5.74) is 2.57. The fourth-order valence-electron chi connectivity index (χ4n) is 2.13. The normalized spacial score (nSPS) is 9.77. The molecule has 0 fully saturated rings. The molecule has 4 heterocycles. The number of pyridine rings is 2. The first-order valence-corrected chi connectivity index (χ1v) is 13.3. The molecule has 2 N–H and O–H groups in total. The van der Waals surface area contributed by atoms with Gasteiger partial charge in [-0.1, -0.05) is 0 Å². The number of aromatic nitrogens is 2. The van der Waals surface area contributed by atoms with E-state index in [0.717, 1.165) is 22.3 Å². The summed E-state index contributed by atoms with van der Waals surface area (Å²) in [6, 6.07) is 11.3. The van der Waals surface area contributed by atoms with Crippen molar-refractivity contribution in [1.29, 1.82) is 0 Å². The molecule has 31 heavy (non-hydrogen) atoms. The predicted molar refractivity (Wildman–Crippen MR) is 144 cm³/mol. The van der Waals surface area contributed by atoms with Crippen molar-refractivity contribution < 1.29 is 14.9 Å². The maximum Gasteiger partial charge on any atom is 0.151 e. The maximum absolute atomic E-state index is 8.85. The van der Waals surface area contributed by atoms with Crippen LogP contribution >= 0.6 is 67.9 Å². The van der Waals surface area contributed by atoms with E-state index in [0.29, 0.717) is 10.3 Å². The van der Waals surface area contributed by atoms with Gasteiger partial charge in [0.1, 0.15) is 13.2 Å². The zero-order valence-electron chi connectivity index (χ0n) is 16.5. The molecule has 4 aromatic heterocycles. The zero-order chi connectivity index (χ0) is 22.3. The average Bonchev–Trinajstić information content (AvgIpc) is 3.48. The predicted octanol–water partition coefficient (Wildman–Crippen LogP) is 6.04. The molecule has 0 spiro atoms. The highest BCUT2D eigenvalue weighted by molar-refractivity contribution is 14.1. The number of aromatic hydroxyl groups is 1. The van der Waals surface area contributed by atoms with E-state index in [4.69, 9.17) is 14.9 Å². The molecule has 0 amide bonds. The average molecular weight is 680 g/mol. The topological polar surface area (TPSA) is 75.5 Å². The van der Waals surface area contributed by atoms with Crippen LogP contribution in [0.15, 0.2) is 70.3 Å². The summed E-state index contributed by atoms with van der Waals surface area (Å²) in [7, 11) is 0. The number of hydrogen-bond donors (Lipinski definition) is 2. The number of ether oxygens (including phenoxy) is 1. The number of aliphatic hydroxyl groups excluding tert-OH is 1. The van der Waals surface area contributed by atoms with Crippen LogP contribution in [-0.4, -0.2) is 33.4 Å². The van der Waals surface area contributed by atoms with Crippen LogP contribution in [0, 0.1) is 7.40 Å². The molecule has 0 aliphatic carbocycles. The summed E-state index contributed by atoms with van der Waals surface area (Å²) >= 11 is 7.53. The van der Waals surface area contributed by atoms with Crippen molar-refractivity contribution in [3.63, 3.8) is 0 Å². The molecule has 164 valence electrons. The standard InChI is InChI=1S/C11H10INOS.C6H8OS.C5H4INO/c12-11-10(2-1-5-13-11)14-6-3-9-4-7-15-8-9;7-3-1-6-2-4-8-5-6;6-5-4(8)2-1-3-7-5/h1-2,4-5,7-8H,3,6H2;2,4-5,7H,1,3H2;1-3,8H. The van der Waals surface area contributed by atoms with Crippen LogP contribution in [0.1, 0.15) is 11.1 Å². The van der Waals surface area contributed by atoms with Crippen molar-refractivity contribution in [2.24, 2.45) is 0 Å². The van der Waals surface area contributed by atoms with Crippen LogP contribution in [0.25, 0.3) is 0 Å².